The number of nitrogens with two attached hydrogens (primary N) is 1. The third-order valence-electron chi connectivity index (χ3n) is 3.39. The molecule has 0 spiro atoms. The molecule has 0 aliphatic carbocycles. The van der Waals surface area contributed by atoms with Crippen molar-refractivity contribution in [3.8, 4) is 0 Å². The van der Waals surface area contributed by atoms with Gasteiger partial charge in [0, 0.05) is 18.9 Å². The minimum Gasteiger partial charge on any atom is -0.381 e. The molecule has 1 fully saturated rings. The predicted octanol–water partition coefficient (Wildman–Crippen LogP) is 0.376. The fourth-order valence-corrected chi connectivity index (χ4v) is 2.18. The van der Waals surface area contributed by atoms with E-state index in [-0.39, 0.29) is 23.1 Å². The Labute approximate surface area is 111 Å². The van der Waals surface area contributed by atoms with Crippen molar-refractivity contribution in [2.24, 2.45) is 11.7 Å². The Morgan fingerprint density at radius 3 is 2.79 bits per heavy atom. The van der Waals surface area contributed by atoms with Gasteiger partial charge in [0.05, 0.1) is 6.04 Å². The van der Waals surface area contributed by atoms with Gasteiger partial charge in [0.1, 0.15) is 5.69 Å². The van der Waals surface area contributed by atoms with Crippen LogP contribution in [-0.4, -0.2) is 30.1 Å². The number of aryl methyl sites for hydroxylation is 1. The van der Waals surface area contributed by atoms with Gasteiger partial charge in [-0.3, -0.25) is 9.59 Å². The lowest BCUT2D eigenvalue weighted by Crippen LogP contribution is -2.44. The van der Waals surface area contributed by atoms with E-state index in [1.54, 1.807) is 19.1 Å². The standard InChI is InChI=1S/C13H19N3O3/c1-8-2-3-10(12(17)15-8)16-13(18)11(14)9-4-6-19-7-5-9/h2-3,9,11H,4-7,14H2,1H3,(H,15,17)(H,16,18). The number of amides is 1. The third-order valence-corrected chi connectivity index (χ3v) is 3.39. The zero-order chi connectivity index (χ0) is 13.8. The van der Waals surface area contributed by atoms with Gasteiger partial charge in [-0.15, -0.1) is 0 Å². The smallest absolute Gasteiger partial charge is 0.271 e. The Morgan fingerprint density at radius 2 is 2.16 bits per heavy atom. The Balaban J connectivity index is 2.01. The van der Waals surface area contributed by atoms with Gasteiger partial charge in [-0.2, -0.15) is 0 Å². The van der Waals surface area contributed by atoms with Crippen LogP contribution in [0.3, 0.4) is 0 Å². The van der Waals surface area contributed by atoms with Crippen LogP contribution in [0.4, 0.5) is 5.69 Å². The first-order valence-corrected chi connectivity index (χ1v) is 6.42. The largest absolute Gasteiger partial charge is 0.381 e. The summed E-state index contributed by atoms with van der Waals surface area (Å²) in [5, 5.41) is 2.59. The van der Waals surface area contributed by atoms with Crippen molar-refractivity contribution in [2.75, 3.05) is 18.5 Å². The predicted molar refractivity (Wildman–Crippen MR) is 71.9 cm³/mol. The van der Waals surface area contributed by atoms with Crippen molar-refractivity contribution in [3.05, 3.63) is 28.2 Å². The van der Waals surface area contributed by atoms with E-state index in [9.17, 15) is 9.59 Å². The molecule has 0 bridgehead atoms. The third kappa shape index (κ3) is 3.42. The molecule has 1 saturated heterocycles. The molecule has 104 valence electrons. The summed E-state index contributed by atoms with van der Waals surface area (Å²) in [7, 11) is 0. The maximum atomic E-state index is 12.0. The lowest BCUT2D eigenvalue weighted by atomic mass is 9.92. The molecule has 4 N–H and O–H groups in total. The number of anilines is 1. The molecule has 0 radical (unpaired) electrons. The molecule has 1 aromatic heterocycles. The number of carbonyl (C=O) groups excluding carboxylic acids is 1. The van der Waals surface area contributed by atoms with E-state index in [1.165, 1.54) is 0 Å². The lowest BCUT2D eigenvalue weighted by Gasteiger charge is -2.26. The lowest BCUT2D eigenvalue weighted by molar-refractivity contribution is -0.119. The van der Waals surface area contributed by atoms with Crippen LogP contribution >= 0.6 is 0 Å². The number of ether oxygens (including phenoxy) is 1. The first-order valence-electron chi connectivity index (χ1n) is 6.42. The van der Waals surface area contributed by atoms with E-state index >= 15 is 0 Å². The number of pyridine rings is 1. The number of aromatic amines is 1. The van der Waals surface area contributed by atoms with E-state index < -0.39 is 6.04 Å². The number of rotatable bonds is 3. The van der Waals surface area contributed by atoms with Crippen LogP contribution in [0.15, 0.2) is 16.9 Å². The first kappa shape index (κ1) is 13.8. The minimum atomic E-state index is -0.607. The number of carbonyl (C=O) groups is 1. The minimum absolute atomic E-state index is 0.110. The average Bonchev–Trinajstić information content (AvgIpc) is 2.42. The molecule has 2 rings (SSSR count). The summed E-state index contributed by atoms with van der Waals surface area (Å²) in [6.45, 7) is 3.05. The molecule has 1 aromatic rings. The van der Waals surface area contributed by atoms with E-state index in [1.807, 2.05) is 0 Å². The highest BCUT2D eigenvalue weighted by Crippen LogP contribution is 2.18. The van der Waals surface area contributed by atoms with Gasteiger partial charge in [-0.25, -0.2) is 0 Å². The summed E-state index contributed by atoms with van der Waals surface area (Å²) < 4.78 is 5.24. The number of hydrogen-bond acceptors (Lipinski definition) is 4. The van der Waals surface area contributed by atoms with Crippen molar-refractivity contribution in [1.29, 1.82) is 0 Å². The monoisotopic (exact) mass is 265 g/mol. The van der Waals surface area contributed by atoms with Crippen molar-refractivity contribution >= 4 is 11.6 Å². The molecule has 2 heterocycles. The molecule has 1 unspecified atom stereocenters. The SMILES string of the molecule is Cc1ccc(NC(=O)C(N)C2CCOCC2)c(=O)[nH]1. The number of aromatic nitrogens is 1. The van der Waals surface area contributed by atoms with Gasteiger partial charge in [-0.05, 0) is 37.8 Å². The highest BCUT2D eigenvalue weighted by Gasteiger charge is 2.26. The summed E-state index contributed by atoms with van der Waals surface area (Å²) in [5.41, 5.74) is 6.61. The first-order chi connectivity index (χ1) is 9.08. The molecule has 1 atom stereocenters. The van der Waals surface area contributed by atoms with Crippen LogP contribution in [-0.2, 0) is 9.53 Å². The summed E-state index contributed by atoms with van der Waals surface area (Å²) in [5.74, 6) is -0.209. The van der Waals surface area contributed by atoms with E-state index in [4.69, 9.17) is 10.5 Å². The average molecular weight is 265 g/mol. The second-order valence-corrected chi connectivity index (χ2v) is 4.85. The van der Waals surface area contributed by atoms with Crippen molar-refractivity contribution in [1.82, 2.24) is 4.98 Å². The quantitative estimate of drug-likeness (QED) is 0.735. The van der Waals surface area contributed by atoms with E-state index in [0.29, 0.717) is 13.2 Å². The molecule has 19 heavy (non-hydrogen) atoms. The Bertz CT molecular complexity index is 506. The number of hydrogen-bond donors (Lipinski definition) is 3. The summed E-state index contributed by atoms with van der Waals surface area (Å²) in [4.78, 5) is 26.3. The fourth-order valence-electron chi connectivity index (χ4n) is 2.18. The van der Waals surface area contributed by atoms with Crippen LogP contribution in [0.5, 0.6) is 0 Å². The van der Waals surface area contributed by atoms with Crippen LogP contribution in [0, 0.1) is 12.8 Å². The Morgan fingerprint density at radius 1 is 1.47 bits per heavy atom. The van der Waals surface area contributed by atoms with E-state index in [2.05, 4.69) is 10.3 Å². The zero-order valence-electron chi connectivity index (χ0n) is 10.9. The summed E-state index contributed by atoms with van der Waals surface area (Å²) in [6, 6.07) is 2.71. The van der Waals surface area contributed by atoms with E-state index in [0.717, 1.165) is 18.5 Å². The van der Waals surface area contributed by atoms with Crippen molar-refractivity contribution < 1.29 is 9.53 Å². The van der Waals surface area contributed by atoms with Crippen LogP contribution in [0.2, 0.25) is 0 Å². The topological polar surface area (TPSA) is 97.2 Å². The van der Waals surface area contributed by atoms with Crippen molar-refractivity contribution in [2.45, 2.75) is 25.8 Å². The molecule has 6 heteroatoms. The molecule has 0 saturated carbocycles. The van der Waals surface area contributed by atoms with Crippen molar-refractivity contribution in [3.63, 3.8) is 0 Å². The molecular weight excluding hydrogens is 246 g/mol. The van der Waals surface area contributed by atoms with Gasteiger partial charge in [-0.1, -0.05) is 0 Å². The molecule has 1 aliphatic heterocycles. The van der Waals surface area contributed by atoms with Gasteiger partial charge in [0.2, 0.25) is 5.91 Å². The summed E-state index contributed by atoms with van der Waals surface area (Å²) in [6.07, 6.45) is 1.55. The van der Waals surface area contributed by atoms with Crippen LogP contribution in [0.1, 0.15) is 18.5 Å². The molecule has 0 aromatic carbocycles. The maximum Gasteiger partial charge on any atom is 0.271 e. The zero-order valence-corrected chi connectivity index (χ0v) is 10.9. The van der Waals surface area contributed by atoms with Crippen LogP contribution in [0.25, 0.3) is 0 Å². The molecule has 6 nitrogen and oxygen atoms in total. The van der Waals surface area contributed by atoms with Gasteiger partial charge >= 0.3 is 0 Å². The molecule has 1 aliphatic rings. The molecular formula is C13H19N3O3. The highest BCUT2D eigenvalue weighted by atomic mass is 16.5. The Kier molecular flexibility index (Phi) is 4.34. The molecule has 1 amide bonds. The number of nitrogens with one attached hydrogen (secondary N) is 2. The summed E-state index contributed by atoms with van der Waals surface area (Å²) >= 11 is 0. The van der Waals surface area contributed by atoms with Gasteiger partial charge < -0.3 is 20.8 Å². The second-order valence-electron chi connectivity index (χ2n) is 4.85. The second kappa shape index (κ2) is 5.99. The Hall–Kier alpha value is -1.66. The number of H-pyrrole nitrogens is 1. The highest BCUT2D eigenvalue weighted by molar-refractivity contribution is 5.94. The maximum absolute atomic E-state index is 12.0. The van der Waals surface area contributed by atoms with Crippen LogP contribution < -0.4 is 16.6 Å². The van der Waals surface area contributed by atoms with Gasteiger partial charge in [0.25, 0.3) is 5.56 Å². The normalized spacial score (nSPS) is 18.0. The fraction of sp³-hybridized carbons (Fsp3) is 0.538. The van der Waals surface area contributed by atoms with Gasteiger partial charge in [0.15, 0.2) is 0 Å².